The minimum Gasteiger partial charge on any atom is -0.290 e. The molecule has 0 spiro atoms. The van der Waals surface area contributed by atoms with Crippen LogP contribution in [0, 0.1) is 12.7 Å². The van der Waals surface area contributed by atoms with Gasteiger partial charge in [-0.25, -0.2) is 9.37 Å². The third-order valence-corrected chi connectivity index (χ3v) is 9.02. The molecule has 8 rings (SSSR count). The van der Waals surface area contributed by atoms with Gasteiger partial charge < -0.3 is 0 Å². The van der Waals surface area contributed by atoms with Crippen LogP contribution in [0.25, 0.3) is 70.2 Å². The molecule has 0 saturated heterocycles. The van der Waals surface area contributed by atoms with E-state index in [2.05, 4.69) is 97.9 Å². The SMILES string of the molecule is Cc1ccccc1-c1ccc2c(c1)sc1c(-c3nc4cccc(F)c4n3-c3ccc4ccccc4c3)cccc12. The zero-order valence-electron chi connectivity index (χ0n) is 21.7. The van der Waals surface area contributed by atoms with Crippen LogP contribution in [-0.4, -0.2) is 9.55 Å². The van der Waals surface area contributed by atoms with Crippen molar-refractivity contribution >= 4 is 53.3 Å². The maximum absolute atomic E-state index is 15.4. The van der Waals surface area contributed by atoms with Gasteiger partial charge in [0.1, 0.15) is 17.2 Å². The van der Waals surface area contributed by atoms with E-state index in [0.29, 0.717) is 11.0 Å². The molecule has 0 atom stereocenters. The molecule has 0 unspecified atom stereocenters. The van der Waals surface area contributed by atoms with E-state index >= 15 is 4.39 Å². The smallest absolute Gasteiger partial charge is 0.149 e. The number of nitrogens with zero attached hydrogens (tertiary/aromatic N) is 2. The minimum absolute atomic E-state index is 0.282. The molecule has 6 aromatic carbocycles. The Labute approximate surface area is 234 Å². The maximum Gasteiger partial charge on any atom is 0.149 e. The molecule has 0 N–H and O–H groups in total. The third kappa shape index (κ3) is 3.50. The first-order chi connectivity index (χ1) is 19.7. The van der Waals surface area contributed by atoms with Gasteiger partial charge in [0.2, 0.25) is 0 Å². The Hall–Kier alpha value is -4.80. The Balaban J connectivity index is 1.40. The number of thiophene rings is 1. The van der Waals surface area contributed by atoms with Gasteiger partial charge in [-0.15, -0.1) is 11.3 Å². The molecule has 0 amide bonds. The van der Waals surface area contributed by atoms with Crippen LogP contribution in [0.15, 0.2) is 121 Å². The molecule has 2 nitrogen and oxygen atoms in total. The zero-order valence-corrected chi connectivity index (χ0v) is 22.5. The second-order valence-corrected chi connectivity index (χ2v) is 11.3. The molecule has 0 radical (unpaired) electrons. The fourth-order valence-corrected chi connectivity index (χ4v) is 7.12. The van der Waals surface area contributed by atoms with Crippen molar-refractivity contribution in [2.75, 3.05) is 0 Å². The zero-order chi connectivity index (χ0) is 26.8. The van der Waals surface area contributed by atoms with Crippen molar-refractivity contribution in [3.63, 3.8) is 0 Å². The van der Waals surface area contributed by atoms with Gasteiger partial charge in [0.25, 0.3) is 0 Å². The lowest BCUT2D eigenvalue weighted by Gasteiger charge is -2.12. The standard InChI is InChI=1S/C36H23FN2S/c1-22-8-2-5-11-27(22)25-17-19-28-29-12-6-13-30(35(29)40-33(28)21-25)36-38-32-15-7-14-31(37)34(32)39(36)26-18-16-23-9-3-4-10-24(23)20-26/h2-21H,1H3. The number of para-hydroxylation sites is 1. The van der Waals surface area contributed by atoms with E-state index < -0.39 is 0 Å². The average molecular weight is 535 g/mol. The van der Waals surface area contributed by atoms with Crippen molar-refractivity contribution in [3.8, 4) is 28.2 Å². The van der Waals surface area contributed by atoms with Crippen molar-refractivity contribution in [2.24, 2.45) is 0 Å². The average Bonchev–Trinajstić information content (AvgIpc) is 3.56. The lowest BCUT2D eigenvalue weighted by Crippen LogP contribution is -1.99. The normalized spacial score (nSPS) is 11.8. The Kier molecular flexibility index (Phi) is 5.13. The molecule has 0 aliphatic carbocycles. The summed E-state index contributed by atoms with van der Waals surface area (Å²) in [6.07, 6.45) is 0. The molecule has 0 aliphatic heterocycles. The van der Waals surface area contributed by atoms with E-state index in [1.165, 1.54) is 38.2 Å². The summed E-state index contributed by atoms with van der Waals surface area (Å²) in [5.41, 5.74) is 6.74. The van der Waals surface area contributed by atoms with Crippen LogP contribution < -0.4 is 0 Å². The Morgan fingerprint density at radius 1 is 0.675 bits per heavy atom. The second-order valence-electron chi connectivity index (χ2n) is 10.2. The van der Waals surface area contributed by atoms with Gasteiger partial charge in [-0.1, -0.05) is 84.9 Å². The second kappa shape index (κ2) is 8.87. The molecular formula is C36H23FN2S. The number of aromatic nitrogens is 2. The summed E-state index contributed by atoms with van der Waals surface area (Å²) in [5.74, 6) is 0.461. The van der Waals surface area contributed by atoms with E-state index in [4.69, 9.17) is 4.98 Å². The molecule has 0 bridgehead atoms. The summed E-state index contributed by atoms with van der Waals surface area (Å²) in [6.45, 7) is 2.15. The molecule has 2 aromatic heterocycles. The fraction of sp³-hybridized carbons (Fsp3) is 0.0278. The summed E-state index contributed by atoms with van der Waals surface area (Å²) in [4.78, 5) is 5.03. The summed E-state index contributed by atoms with van der Waals surface area (Å²) < 4.78 is 19.8. The summed E-state index contributed by atoms with van der Waals surface area (Å²) in [6, 6.07) is 41.2. The van der Waals surface area contributed by atoms with Crippen molar-refractivity contribution < 1.29 is 4.39 Å². The van der Waals surface area contributed by atoms with Crippen LogP contribution in [-0.2, 0) is 0 Å². The van der Waals surface area contributed by atoms with Gasteiger partial charge in [-0.3, -0.25) is 4.57 Å². The van der Waals surface area contributed by atoms with Gasteiger partial charge >= 0.3 is 0 Å². The molecule has 40 heavy (non-hydrogen) atoms. The largest absolute Gasteiger partial charge is 0.290 e. The molecule has 0 fully saturated rings. The Morgan fingerprint density at radius 2 is 1.48 bits per heavy atom. The van der Waals surface area contributed by atoms with Gasteiger partial charge in [0, 0.05) is 31.4 Å². The number of benzene rings is 6. The van der Waals surface area contributed by atoms with Crippen LogP contribution in [0.1, 0.15) is 5.56 Å². The van der Waals surface area contributed by atoms with Gasteiger partial charge in [-0.05, 0) is 70.8 Å². The van der Waals surface area contributed by atoms with E-state index in [1.807, 2.05) is 22.8 Å². The fourth-order valence-electron chi connectivity index (χ4n) is 5.87. The molecule has 2 heterocycles. The highest BCUT2D eigenvalue weighted by atomic mass is 32.1. The molecule has 0 saturated carbocycles. The first kappa shape index (κ1) is 23.1. The van der Waals surface area contributed by atoms with Gasteiger partial charge in [0.15, 0.2) is 0 Å². The molecule has 0 aliphatic rings. The highest BCUT2D eigenvalue weighted by Gasteiger charge is 2.21. The summed E-state index contributed by atoms with van der Waals surface area (Å²) in [5, 5.41) is 4.66. The van der Waals surface area contributed by atoms with Crippen LogP contribution >= 0.6 is 11.3 Å². The lowest BCUT2D eigenvalue weighted by atomic mass is 9.99. The van der Waals surface area contributed by atoms with E-state index in [-0.39, 0.29) is 5.82 Å². The number of imidazole rings is 1. The van der Waals surface area contributed by atoms with Crippen LogP contribution in [0.4, 0.5) is 4.39 Å². The molecule has 8 aromatic rings. The predicted molar refractivity (Wildman–Crippen MR) is 167 cm³/mol. The minimum atomic E-state index is -0.282. The van der Waals surface area contributed by atoms with E-state index in [9.17, 15) is 0 Å². The molecular weight excluding hydrogens is 511 g/mol. The van der Waals surface area contributed by atoms with E-state index in [1.54, 1.807) is 17.4 Å². The highest BCUT2D eigenvalue weighted by Crippen LogP contribution is 2.42. The van der Waals surface area contributed by atoms with Crippen molar-refractivity contribution in [1.82, 2.24) is 9.55 Å². The van der Waals surface area contributed by atoms with Crippen LogP contribution in [0.3, 0.4) is 0 Å². The van der Waals surface area contributed by atoms with Crippen molar-refractivity contribution in [1.29, 1.82) is 0 Å². The number of hydrogen-bond acceptors (Lipinski definition) is 2. The van der Waals surface area contributed by atoms with Crippen LogP contribution in [0.2, 0.25) is 0 Å². The quantitative estimate of drug-likeness (QED) is 0.220. The monoisotopic (exact) mass is 534 g/mol. The number of hydrogen-bond donors (Lipinski definition) is 0. The number of halogens is 1. The maximum atomic E-state index is 15.4. The number of rotatable bonds is 3. The highest BCUT2D eigenvalue weighted by molar-refractivity contribution is 7.26. The third-order valence-electron chi connectivity index (χ3n) is 7.81. The van der Waals surface area contributed by atoms with Gasteiger partial charge in [-0.2, -0.15) is 0 Å². The number of aryl methyl sites for hydroxylation is 1. The van der Waals surface area contributed by atoms with E-state index in [0.717, 1.165) is 32.5 Å². The summed E-state index contributed by atoms with van der Waals surface area (Å²) >= 11 is 1.77. The van der Waals surface area contributed by atoms with Crippen LogP contribution in [0.5, 0.6) is 0 Å². The predicted octanol–water partition coefficient (Wildman–Crippen LogP) is 10.3. The lowest BCUT2D eigenvalue weighted by molar-refractivity contribution is 0.635. The number of fused-ring (bicyclic) bond motifs is 5. The van der Waals surface area contributed by atoms with Crippen molar-refractivity contribution in [2.45, 2.75) is 6.92 Å². The molecule has 190 valence electrons. The first-order valence-corrected chi connectivity index (χ1v) is 14.2. The Morgan fingerprint density at radius 3 is 2.38 bits per heavy atom. The summed E-state index contributed by atoms with van der Waals surface area (Å²) in [7, 11) is 0. The van der Waals surface area contributed by atoms with Crippen molar-refractivity contribution in [3.05, 3.63) is 133 Å². The topological polar surface area (TPSA) is 17.8 Å². The molecule has 4 heteroatoms. The Bertz CT molecular complexity index is 2260. The first-order valence-electron chi connectivity index (χ1n) is 13.3. The van der Waals surface area contributed by atoms with Gasteiger partial charge in [0.05, 0.1) is 5.52 Å².